The van der Waals surface area contributed by atoms with Crippen LogP contribution in [0.25, 0.3) is 10.9 Å². The molecule has 0 unspecified atom stereocenters. The first-order valence-corrected chi connectivity index (χ1v) is 8.37. The molecule has 2 aromatic carbocycles. The van der Waals surface area contributed by atoms with Crippen molar-refractivity contribution < 1.29 is 9.53 Å². The molecule has 3 rings (SSSR count). The summed E-state index contributed by atoms with van der Waals surface area (Å²) in [4.78, 5) is 11.7. The minimum Gasteiger partial charge on any atom is -0.469 e. The first-order chi connectivity index (χ1) is 11.5. The van der Waals surface area contributed by atoms with Gasteiger partial charge in [-0.1, -0.05) is 41.4 Å². The highest BCUT2D eigenvalue weighted by atomic mass is 35.5. The highest BCUT2D eigenvalue weighted by molar-refractivity contribution is 6.31. The quantitative estimate of drug-likeness (QED) is 0.592. The monoisotopic (exact) mass is 361 g/mol. The SMILES string of the molecule is COC(=O)Cc1cn([C@@H](C)c2ccccc2Cl)c2ccc(Cl)cc12. The number of hydrogen-bond acceptors (Lipinski definition) is 2. The van der Waals surface area contributed by atoms with Gasteiger partial charge in [-0.25, -0.2) is 0 Å². The van der Waals surface area contributed by atoms with Crippen molar-refractivity contribution in [2.45, 2.75) is 19.4 Å². The number of halogens is 2. The fourth-order valence-corrected chi connectivity index (χ4v) is 3.42. The van der Waals surface area contributed by atoms with Gasteiger partial charge >= 0.3 is 5.97 Å². The Bertz CT molecular complexity index is 902. The summed E-state index contributed by atoms with van der Waals surface area (Å²) in [6, 6.07) is 13.5. The number of esters is 1. The van der Waals surface area contributed by atoms with Crippen LogP contribution in [0.15, 0.2) is 48.7 Å². The van der Waals surface area contributed by atoms with Crippen LogP contribution in [0.5, 0.6) is 0 Å². The molecule has 124 valence electrons. The largest absolute Gasteiger partial charge is 0.469 e. The van der Waals surface area contributed by atoms with Crippen molar-refractivity contribution in [1.82, 2.24) is 4.57 Å². The van der Waals surface area contributed by atoms with E-state index in [-0.39, 0.29) is 18.4 Å². The van der Waals surface area contributed by atoms with Crippen LogP contribution in [0.4, 0.5) is 0 Å². The van der Waals surface area contributed by atoms with Crippen molar-refractivity contribution in [3.63, 3.8) is 0 Å². The number of fused-ring (bicyclic) bond motifs is 1. The van der Waals surface area contributed by atoms with Gasteiger partial charge in [0.15, 0.2) is 0 Å². The molecular weight excluding hydrogens is 345 g/mol. The fourth-order valence-electron chi connectivity index (χ4n) is 2.95. The van der Waals surface area contributed by atoms with Crippen LogP contribution >= 0.6 is 23.2 Å². The zero-order valence-electron chi connectivity index (χ0n) is 13.4. The Morgan fingerprint density at radius 2 is 1.96 bits per heavy atom. The minimum absolute atomic E-state index is 0.0220. The van der Waals surface area contributed by atoms with Gasteiger partial charge in [-0.05, 0) is 42.3 Å². The number of benzene rings is 2. The Labute approximate surface area is 150 Å². The molecule has 0 aliphatic carbocycles. The number of methoxy groups -OCH3 is 1. The summed E-state index contributed by atoms with van der Waals surface area (Å²) < 4.78 is 6.92. The molecule has 0 amide bonds. The molecule has 0 spiro atoms. The molecular formula is C19H17Cl2NO2. The zero-order valence-corrected chi connectivity index (χ0v) is 14.9. The van der Waals surface area contributed by atoms with Gasteiger partial charge in [0.2, 0.25) is 0 Å². The van der Waals surface area contributed by atoms with E-state index in [4.69, 9.17) is 27.9 Å². The maximum Gasteiger partial charge on any atom is 0.310 e. The molecule has 1 heterocycles. The summed E-state index contributed by atoms with van der Waals surface area (Å²) in [6.45, 7) is 2.08. The second-order valence-electron chi connectivity index (χ2n) is 5.67. The number of ether oxygens (including phenoxy) is 1. The molecule has 0 bridgehead atoms. The molecule has 5 heteroatoms. The van der Waals surface area contributed by atoms with Crippen LogP contribution in [-0.2, 0) is 16.0 Å². The van der Waals surface area contributed by atoms with Crippen LogP contribution in [0.3, 0.4) is 0 Å². The van der Waals surface area contributed by atoms with Crippen molar-refractivity contribution in [1.29, 1.82) is 0 Å². The van der Waals surface area contributed by atoms with Crippen LogP contribution < -0.4 is 0 Å². The molecule has 0 aliphatic heterocycles. The van der Waals surface area contributed by atoms with Crippen LogP contribution in [0.2, 0.25) is 10.0 Å². The van der Waals surface area contributed by atoms with Crippen LogP contribution in [-0.4, -0.2) is 17.6 Å². The number of hydrogen-bond donors (Lipinski definition) is 0. The van der Waals surface area contributed by atoms with E-state index in [1.807, 2.05) is 48.7 Å². The Morgan fingerprint density at radius 3 is 2.67 bits per heavy atom. The standard InChI is InChI=1S/C19H17Cl2NO2/c1-12(15-5-3-4-6-17(15)21)22-11-13(9-19(23)24-2)16-10-14(20)7-8-18(16)22/h3-8,10-12H,9H2,1-2H3/t12-/m0/s1. The molecule has 0 fully saturated rings. The minimum atomic E-state index is -0.278. The molecule has 24 heavy (non-hydrogen) atoms. The summed E-state index contributed by atoms with van der Waals surface area (Å²) in [5, 5.41) is 2.30. The van der Waals surface area contributed by atoms with E-state index in [9.17, 15) is 4.79 Å². The lowest BCUT2D eigenvalue weighted by atomic mass is 10.1. The summed E-state index contributed by atoms with van der Waals surface area (Å²) in [5.74, 6) is -0.278. The second-order valence-corrected chi connectivity index (χ2v) is 6.52. The average Bonchev–Trinajstić information content (AvgIpc) is 2.92. The van der Waals surface area contributed by atoms with Crippen molar-refractivity contribution in [3.8, 4) is 0 Å². The number of aromatic nitrogens is 1. The molecule has 3 aromatic rings. The molecule has 0 aliphatic rings. The topological polar surface area (TPSA) is 31.2 Å². The van der Waals surface area contributed by atoms with Gasteiger partial charge < -0.3 is 9.30 Å². The van der Waals surface area contributed by atoms with E-state index in [0.29, 0.717) is 5.02 Å². The molecule has 0 saturated heterocycles. The van der Waals surface area contributed by atoms with E-state index in [1.165, 1.54) is 7.11 Å². The summed E-state index contributed by atoms with van der Waals surface area (Å²) in [5.41, 5.74) is 2.92. The number of carbonyl (C=O) groups is 1. The van der Waals surface area contributed by atoms with Gasteiger partial charge in [-0.3, -0.25) is 4.79 Å². The zero-order chi connectivity index (χ0) is 17.3. The lowest BCUT2D eigenvalue weighted by Gasteiger charge is -2.17. The lowest BCUT2D eigenvalue weighted by molar-refractivity contribution is -0.139. The van der Waals surface area contributed by atoms with Gasteiger partial charge in [0.05, 0.1) is 19.6 Å². The van der Waals surface area contributed by atoms with E-state index < -0.39 is 0 Å². The predicted octanol–water partition coefficient (Wildman–Crippen LogP) is 5.27. The maximum absolute atomic E-state index is 11.7. The molecule has 0 N–H and O–H groups in total. The molecule has 1 aromatic heterocycles. The number of rotatable bonds is 4. The van der Waals surface area contributed by atoms with Gasteiger partial charge in [-0.2, -0.15) is 0 Å². The maximum atomic E-state index is 11.7. The van der Waals surface area contributed by atoms with Crippen molar-refractivity contribution in [2.24, 2.45) is 0 Å². The Morgan fingerprint density at radius 1 is 1.21 bits per heavy atom. The average molecular weight is 362 g/mol. The smallest absolute Gasteiger partial charge is 0.310 e. The Hall–Kier alpha value is -1.97. The number of carbonyl (C=O) groups excluding carboxylic acids is 1. The highest BCUT2D eigenvalue weighted by Gasteiger charge is 2.18. The van der Waals surface area contributed by atoms with E-state index in [1.54, 1.807) is 0 Å². The Kier molecular flexibility index (Phi) is 4.83. The van der Waals surface area contributed by atoms with Crippen LogP contribution in [0.1, 0.15) is 24.1 Å². The van der Waals surface area contributed by atoms with Crippen molar-refractivity contribution >= 4 is 40.1 Å². The van der Waals surface area contributed by atoms with Crippen molar-refractivity contribution in [2.75, 3.05) is 7.11 Å². The van der Waals surface area contributed by atoms with E-state index >= 15 is 0 Å². The first kappa shape index (κ1) is 16.9. The Balaban J connectivity index is 2.14. The van der Waals surface area contributed by atoms with Crippen LogP contribution in [0, 0.1) is 0 Å². The third kappa shape index (κ3) is 3.14. The molecule has 0 radical (unpaired) electrons. The van der Waals surface area contributed by atoms with E-state index in [2.05, 4.69) is 11.5 Å². The second kappa shape index (κ2) is 6.88. The first-order valence-electron chi connectivity index (χ1n) is 7.61. The van der Waals surface area contributed by atoms with Gasteiger partial charge in [-0.15, -0.1) is 0 Å². The normalized spacial score (nSPS) is 12.3. The molecule has 3 nitrogen and oxygen atoms in total. The highest BCUT2D eigenvalue weighted by Crippen LogP contribution is 2.32. The van der Waals surface area contributed by atoms with Gasteiger partial charge in [0.1, 0.15) is 0 Å². The molecule has 1 atom stereocenters. The predicted molar refractivity (Wildman–Crippen MR) is 97.9 cm³/mol. The van der Waals surface area contributed by atoms with Gasteiger partial charge in [0.25, 0.3) is 0 Å². The van der Waals surface area contributed by atoms with Gasteiger partial charge in [0, 0.05) is 27.1 Å². The van der Waals surface area contributed by atoms with Crippen molar-refractivity contribution in [3.05, 3.63) is 69.8 Å². The molecule has 0 saturated carbocycles. The third-order valence-corrected chi connectivity index (χ3v) is 4.79. The fraction of sp³-hybridized carbons (Fsp3) is 0.211. The lowest BCUT2D eigenvalue weighted by Crippen LogP contribution is -2.07. The van der Waals surface area contributed by atoms with E-state index in [0.717, 1.165) is 27.1 Å². The third-order valence-electron chi connectivity index (χ3n) is 4.21. The number of nitrogens with zero attached hydrogens (tertiary/aromatic N) is 1. The summed E-state index contributed by atoms with van der Waals surface area (Å²) >= 11 is 12.5. The summed E-state index contributed by atoms with van der Waals surface area (Å²) in [6.07, 6.45) is 2.18. The summed E-state index contributed by atoms with van der Waals surface area (Å²) in [7, 11) is 1.39.